The summed E-state index contributed by atoms with van der Waals surface area (Å²) < 4.78 is 0.521. The quantitative estimate of drug-likeness (QED) is 0.765. The minimum Gasteiger partial charge on any atom is -0.370 e. The molecule has 0 unspecified atom stereocenters. The first-order valence-corrected chi connectivity index (χ1v) is 6.84. The molecule has 0 spiro atoms. The highest BCUT2D eigenvalue weighted by Crippen LogP contribution is 2.32. The van der Waals surface area contributed by atoms with Gasteiger partial charge in [-0.15, -0.1) is 0 Å². The lowest BCUT2D eigenvalue weighted by Crippen LogP contribution is -2.38. The summed E-state index contributed by atoms with van der Waals surface area (Å²) in [6.07, 6.45) is 0. The molecule has 0 fully saturated rings. The van der Waals surface area contributed by atoms with E-state index in [1.165, 1.54) is 0 Å². The standard InChI is InChI=1S/C14H24N2OS/c1-7-15(5)8-9-16(6)11-10(14(2,3)4)13(18)12(11)17/h7-9H2,1-6H3. The van der Waals surface area contributed by atoms with Crippen LogP contribution in [0.4, 0.5) is 5.69 Å². The summed E-state index contributed by atoms with van der Waals surface area (Å²) in [5.41, 5.74) is 1.85. The van der Waals surface area contributed by atoms with Crippen molar-refractivity contribution >= 4 is 17.9 Å². The average Bonchev–Trinajstić information content (AvgIpc) is 2.29. The van der Waals surface area contributed by atoms with Gasteiger partial charge in [-0.3, -0.25) is 4.79 Å². The maximum absolute atomic E-state index is 11.9. The van der Waals surface area contributed by atoms with Gasteiger partial charge in [0.05, 0.1) is 10.2 Å². The topological polar surface area (TPSA) is 23.6 Å². The van der Waals surface area contributed by atoms with E-state index in [0.29, 0.717) is 4.51 Å². The molecule has 102 valence electrons. The monoisotopic (exact) mass is 268 g/mol. The maximum atomic E-state index is 11.9. The van der Waals surface area contributed by atoms with E-state index in [9.17, 15) is 4.79 Å². The molecule has 0 amide bonds. The lowest BCUT2D eigenvalue weighted by atomic mass is 9.82. The molecule has 0 aliphatic heterocycles. The molecule has 0 heterocycles. The van der Waals surface area contributed by atoms with Crippen molar-refractivity contribution in [1.82, 2.24) is 4.90 Å². The summed E-state index contributed by atoms with van der Waals surface area (Å²) >= 11 is 5.19. The zero-order valence-corrected chi connectivity index (χ0v) is 13.1. The van der Waals surface area contributed by atoms with Crippen molar-refractivity contribution in [3.05, 3.63) is 20.3 Å². The van der Waals surface area contributed by atoms with Crippen LogP contribution in [-0.4, -0.2) is 38.6 Å². The van der Waals surface area contributed by atoms with Gasteiger partial charge in [-0.25, -0.2) is 0 Å². The second kappa shape index (κ2) is 5.49. The van der Waals surface area contributed by atoms with Gasteiger partial charge < -0.3 is 9.80 Å². The zero-order valence-electron chi connectivity index (χ0n) is 12.3. The van der Waals surface area contributed by atoms with E-state index in [2.05, 4.69) is 39.6 Å². The normalized spacial score (nSPS) is 12.4. The molecular formula is C14H24N2OS. The minimum absolute atomic E-state index is 0.0385. The van der Waals surface area contributed by atoms with E-state index < -0.39 is 0 Å². The summed E-state index contributed by atoms with van der Waals surface area (Å²) in [4.78, 5) is 16.2. The second-order valence-electron chi connectivity index (χ2n) is 5.95. The highest BCUT2D eigenvalue weighted by Gasteiger charge is 2.29. The van der Waals surface area contributed by atoms with Crippen LogP contribution < -0.4 is 10.3 Å². The zero-order chi connectivity index (χ0) is 14.1. The molecular weight excluding hydrogens is 244 g/mol. The minimum atomic E-state index is -0.0504. The van der Waals surface area contributed by atoms with Gasteiger partial charge in [0.2, 0.25) is 5.43 Å². The summed E-state index contributed by atoms with van der Waals surface area (Å²) in [5.74, 6) is 0. The van der Waals surface area contributed by atoms with Crippen molar-refractivity contribution in [1.29, 1.82) is 0 Å². The van der Waals surface area contributed by atoms with Crippen molar-refractivity contribution in [2.24, 2.45) is 0 Å². The molecule has 4 heteroatoms. The molecule has 18 heavy (non-hydrogen) atoms. The molecule has 0 aliphatic rings. The molecule has 0 radical (unpaired) electrons. The molecule has 0 atom stereocenters. The largest absolute Gasteiger partial charge is 0.370 e. The third-order valence-electron chi connectivity index (χ3n) is 3.37. The predicted octanol–water partition coefficient (Wildman–Crippen LogP) is 2.34. The maximum Gasteiger partial charge on any atom is 0.220 e. The third-order valence-corrected chi connectivity index (χ3v) is 3.76. The Hall–Kier alpha value is -0.740. The van der Waals surface area contributed by atoms with Crippen LogP contribution in [0, 0.1) is 4.51 Å². The Kier molecular flexibility index (Phi) is 4.67. The lowest BCUT2D eigenvalue weighted by molar-refractivity contribution is 0.360. The number of likely N-dealkylation sites (N-methyl/N-ethyl adjacent to an activating group) is 2. The van der Waals surface area contributed by atoms with E-state index in [0.717, 1.165) is 30.9 Å². The first kappa shape index (κ1) is 15.3. The average molecular weight is 268 g/mol. The molecule has 0 bridgehead atoms. The molecule has 0 N–H and O–H groups in total. The molecule has 0 aliphatic carbocycles. The Morgan fingerprint density at radius 2 is 1.72 bits per heavy atom. The van der Waals surface area contributed by atoms with Crippen LogP contribution in [0.5, 0.6) is 0 Å². The van der Waals surface area contributed by atoms with E-state index in [1.807, 2.05) is 11.9 Å². The summed E-state index contributed by atoms with van der Waals surface area (Å²) in [7, 11) is 4.06. The fourth-order valence-corrected chi connectivity index (χ4v) is 2.53. The van der Waals surface area contributed by atoms with Gasteiger partial charge in [0, 0.05) is 25.7 Å². The van der Waals surface area contributed by atoms with Crippen LogP contribution in [0.1, 0.15) is 33.3 Å². The summed E-state index contributed by atoms with van der Waals surface area (Å²) in [5, 5.41) is 0. The van der Waals surface area contributed by atoms with E-state index in [-0.39, 0.29) is 10.8 Å². The third kappa shape index (κ3) is 2.98. The van der Waals surface area contributed by atoms with Gasteiger partial charge >= 0.3 is 0 Å². The van der Waals surface area contributed by atoms with E-state index in [4.69, 9.17) is 12.2 Å². The van der Waals surface area contributed by atoms with E-state index in [1.54, 1.807) is 0 Å². The Labute approximate surface area is 115 Å². The fraction of sp³-hybridized carbons (Fsp3) is 0.714. The summed E-state index contributed by atoms with van der Waals surface area (Å²) in [6, 6.07) is 0. The van der Waals surface area contributed by atoms with Crippen LogP contribution in [0.3, 0.4) is 0 Å². The van der Waals surface area contributed by atoms with Crippen LogP contribution in [0.2, 0.25) is 0 Å². The predicted molar refractivity (Wildman–Crippen MR) is 81.1 cm³/mol. The Bertz CT molecular complexity index is 481. The number of hydrogen-bond acceptors (Lipinski definition) is 4. The Morgan fingerprint density at radius 1 is 1.17 bits per heavy atom. The molecule has 1 aromatic rings. The van der Waals surface area contributed by atoms with Gasteiger partial charge in [-0.05, 0) is 19.0 Å². The smallest absolute Gasteiger partial charge is 0.220 e. The van der Waals surface area contributed by atoms with Crippen LogP contribution in [0.25, 0.3) is 0 Å². The highest BCUT2D eigenvalue weighted by atomic mass is 32.1. The number of hydrogen-bond donors (Lipinski definition) is 0. The molecule has 0 aromatic heterocycles. The molecule has 1 rings (SSSR count). The molecule has 0 saturated carbocycles. The van der Waals surface area contributed by atoms with Crippen molar-refractivity contribution < 1.29 is 0 Å². The highest BCUT2D eigenvalue weighted by molar-refractivity contribution is 7.71. The first-order chi connectivity index (χ1) is 8.20. The Balaban J connectivity index is 2.88. The van der Waals surface area contributed by atoms with Crippen molar-refractivity contribution in [2.75, 3.05) is 38.6 Å². The van der Waals surface area contributed by atoms with Gasteiger partial charge in [-0.2, -0.15) is 0 Å². The van der Waals surface area contributed by atoms with Crippen molar-refractivity contribution in [2.45, 2.75) is 33.1 Å². The van der Waals surface area contributed by atoms with Crippen LogP contribution >= 0.6 is 12.2 Å². The molecule has 3 nitrogen and oxygen atoms in total. The number of rotatable bonds is 5. The van der Waals surface area contributed by atoms with E-state index >= 15 is 0 Å². The van der Waals surface area contributed by atoms with Gasteiger partial charge in [0.1, 0.15) is 0 Å². The molecule has 0 saturated heterocycles. The van der Waals surface area contributed by atoms with Crippen molar-refractivity contribution in [3.8, 4) is 0 Å². The first-order valence-electron chi connectivity index (χ1n) is 6.43. The van der Waals surface area contributed by atoms with Gasteiger partial charge in [-0.1, -0.05) is 39.9 Å². The molecule has 1 aromatic carbocycles. The summed E-state index contributed by atoms with van der Waals surface area (Å²) in [6.45, 7) is 11.3. The second-order valence-corrected chi connectivity index (χ2v) is 6.36. The number of nitrogens with zero attached hydrogens (tertiary/aromatic N) is 2. The fourth-order valence-electron chi connectivity index (χ4n) is 2.03. The van der Waals surface area contributed by atoms with Gasteiger partial charge in [0.25, 0.3) is 0 Å². The number of anilines is 1. The SMILES string of the molecule is CCN(C)CCN(C)c1c(C(C)(C)C)c(=S)c1=O. The van der Waals surface area contributed by atoms with Crippen LogP contribution in [0.15, 0.2) is 4.79 Å². The van der Waals surface area contributed by atoms with Crippen LogP contribution in [-0.2, 0) is 5.41 Å². The van der Waals surface area contributed by atoms with Crippen molar-refractivity contribution in [3.63, 3.8) is 0 Å². The Morgan fingerprint density at radius 3 is 2.17 bits per heavy atom. The lowest BCUT2D eigenvalue weighted by Gasteiger charge is -2.31. The van der Waals surface area contributed by atoms with Gasteiger partial charge in [0.15, 0.2) is 0 Å².